The molecule has 3 amide bonds. The third-order valence-corrected chi connectivity index (χ3v) is 7.36. The Bertz CT molecular complexity index is 1650. The van der Waals surface area contributed by atoms with Crippen LogP contribution in [0.25, 0.3) is 6.08 Å². The van der Waals surface area contributed by atoms with E-state index in [0.29, 0.717) is 33.8 Å². The van der Waals surface area contributed by atoms with Crippen molar-refractivity contribution in [3.8, 4) is 5.75 Å². The highest BCUT2D eigenvalue weighted by Gasteiger charge is 2.18. The molecule has 0 radical (unpaired) electrons. The van der Waals surface area contributed by atoms with Crippen LogP contribution in [0.4, 0.5) is 11.4 Å². The van der Waals surface area contributed by atoms with Crippen molar-refractivity contribution in [1.82, 2.24) is 5.32 Å². The number of nitrogens with one attached hydrogen (secondary N) is 3. The molecule has 4 rings (SSSR count). The van der Waals surface area contributed by atoms with Gasteiger partial charge in [0.25, 0.3) is 11.8 Å². The molecule has 0 aromatic heterocycles. The van der Waals surface area contributed by atoms with Gasteiger partial charge in [-0.1, -0.05) is 36.4 Å². The predicted octanol–water partition coefficient (Wildman–Crippen LogP) is 6.43. The van der Waals surface area contributed by atoms with E-state index in [-0.39, 0.29) is 17.4 Å². The molecule has 1 atom stereocenters. The van der Waals surface area contributed by atoms with E-state index in [1.54, 1.807) is 117 Å². The van der Waals surface area contributed by atoms with Gasteiger partial charge in [-0.3, -0.25) is 19.2 Å². The molecule has 43 heavy (non-hydrogen) atoms. The molecule has 3 N–H and O–H groups in total. The van der Waals surface area contributed by atoms with Crippen molar-refractivity contribution in [2.75, 3.05) is 17.7 Å². The van der Waals surface area contributed by atoms with Crippen LogP contribution in [0.5, 0.6) is 5.75 Å². The molecule has 1 unspecified atom stereocenters. The van der Waals surface area contributed by atoms with Crippen molar-refractivity contribution < 1.29 is 23.9 Å². The first-order valence-electron chi connectivity index (χ1n) is 13.4. The van der Waals surface area contributed by atoms with Gasteiger partial charge in [0, 0.05) is 27.4 Å². The second kappa shape index (κ2) is 14.7. The van der Waals surface area contributed by atoms with E-state index >= 15 is 0 Å². The van der Waals surface area contributed by atoms with Crippen LogP contribution in [0, 0.1) is 0 Å². The third kappa shape index (κ3) is 8.92. The number of ketones is 1. The van der Waals surface area contributed by atoms with Gasteiger partial charge in [0.15, 0.2) is 5.78 Å². The molecule has 0 aliphatic rings. The molecule has 0 saturated carbocycles. The SMILES string of the molecule is COc1cccc(/C=C(\NC(=O)c2ccccc2)C(=O)Nc2cccc(SC(C)C(=O)Nc3ccc(C(C)=O)cc3)c2)c1. The van der Waals surface area contributed by atoms with E-state index in [9.17, 15) is 19.2 Å². The van der Waals surface area contributed by atoms with Crippen LogP contribution in [0.3, 0.4) is 0 Å². The van der Waals surface area contributed by atoms with E-state index in [0.717, 1.165) is 4.90 Å². The Labute approximate surface area is 254 Å². The standard InChI is InChI=1S/C34H31N3O5S/c1-22(38)25-15-17-27(18-16-25)35-32(39)23(2)43-30-14-8-12-28(21-30)36-34(41)31(20-24-9-7-13-29(19-24)42-3)37-33(40)26-10-5-4-6-11-26/h4-21,23H,1-3H3,(H,35,39)(H,36,41)(H,37,40)/b31-20-. The van der Waals surface area contributed by atoms with Crippen molar-refractivity contribution in [1.29, 1.82) is 0 Å². The summed E-state index contributed by atoms with van der Waals surface area (Å²) in [7, 11) is 1.55. The lowest BCUT2D eigenvalue weighted by Gasteiger charge is -2.14. The van der Waals surface area contributed by atoms with Crippen LogP contribution in [-0.2, 0) is 9.59 Å². The zero-order valence-corrected chi connectivity index (χ0v) is 24.7. The van der Waals surface area contributed by atoms with Gasteiger partial charge in [0.05, 0.1) is 12.4 Å². The molecule has 9 heteroatoms. The molecular formula is C34H31N3O5S. The maximum atomic E-state index is 13.4. The molecule has 4 aromatic rings. The Balaban J connectivity index is 1.47. The van der Waals surface area contributed by atoms with Crippen LogP contribution in [-0.4, -0.2) is 35.9 Å². The van der Waals surface area contributed by atoms with Crippen LogP contribution in [0.15, 0.2) is 114 Å². The molecule has 0 fully saturated rings. The molecule has 4 aromatic carbocycles. The van der Waals surface area contributed by atoms with Gasteiger partial charge < -0.3 is 20.7 Å². The fraction of sp³-hybridized carbons (Fsp3) is 0.118. The summed E-state index contributed by atoms with van der Waals surface area (Å²) in [6.45, 7) is 3.27. The molecule has 0 spiro atoms. The maximum absolute atomic E-state index is 13.4. The minimum Gasteiger partial charge on any atom is -0.497 e. The largest absolute Gasteiger partial charge is 0.497 e. The van der Waals surface area contributed by atoms with Gasteiger partial charge in [-0.25, -0.2) is 0 Å². The maximum Gasteiger partial charge on any atom is 0.272 e. The average molecular weight is 594 g/mol. The van der Waals surface area contributed by atoms with Crippen LogP contribution >= 0.6 is 11.8 Å². The molecule has 0 aliphatic carbocycles. The molecule has 0 aliphatic heterocycles. The van der Waals surface area contributed by atoms with Gasteiger partial charge in [-0.15, -0.1) is 11.8 Å². The summed E-state index contributed by atoms with van der Waals surface area (Å²) >= 11 is 1.33. The lowest BCUT2D eigenvalue weighted by atomic mass is 10.1. The number of Topliss-reactive ketones (excluding diaryl/α,β-unsaturated/α-hetero) is 1. The van der Waals surface area contributed by atoms with Crippen molar-refractivity contribution >= 4 is 52.7 Å². The van der Waals surface area contributed by atoms with E-state index in [4.69, 9.17) is 4.74 Å². The van der Waals surface area contributed by atoms with Crippen molar-refractivity contribution in [2.45, 2.75) is 24.0 Å². The number of amides is 3. The predicted molar refractivity (Wildman–Crippen MR) is 170 cm³/mol. The number of ether oxygens (including phenoxy) is 1. The summed E-state index contributed by atoms with van der Waals surface area (Å²) in [6.07, 6.45) is 1.58. The molecule has 0 bridgehead atoms. The van der Waals surface area contributed by atoms with Crippen molar-refractivity contribution in [3.63, 3.8) is 0 Å². The highest BCUT2D eigenvalue weighted by molar-refractivity contribution is 8.00. The van der Waals surface area contributed by atoms with Gasteiger partial charge in [-0.2, -0.15) is 0 Å². The van der Waals surface area contributed by atoms with E-state index in [2.05, 4.69) is 16.0 Å². The highest BCUT2D eigenvalue weighted by Crippen LogP contribution is 2.27. The van der Waals surface area contributed by atoms with E-state index in [1.165, 1.54) is 18.7 Å². The average Bonchev–Trinajstić information content (AvgIpc) is 3.01. The smallest absolute Gasteiger partial charge is 0.272 e. The van der Waals surface area contributed by atoms with Crippen molar-refractivity contribution in [3.05, 3.63) is 126 Å². The van der Waals surface area contributed by atoms with Gasteiger partial charge >= 0.3 is 0 Å². The third-order valence-electron chi connectivity index (χ3n) is 6.27. The number of hydrogen-bond donors (Lipinski definition) is 3. The second-order valence-electron chi connectivity index (χ2n) is 9.52. The zero-order chi connectivity index (χ0) is 30.8. The number of rotatable bonds is 11. The van der Waals surface area contributed by atoms with Gasteiger partial charge in [-0.05, 0) is 92.2 Å². The normalized spacial score (nSPS) is 11.7. The first-order valence-corrected chi connectivity index (χ1v) is 14.3. The van der Waals surface area contributed by atoms with Crippen molar-refractivity contribution in [2.24, 2.45) is 0 Å². The minimum atomic E-state index is -0.519. The topological polar surface area (TPSA) is 114 Å². The fourth-order valence-electron chi connectivity index (χ4n) is 3.98. The highest BCUT2D eigenvalue weighted by atomic mass is 32.2. The van der Waals surface area contributed by atoms with Gasteiger partial charge in [0.1, 0.15) is 11.4 Å². The molecular weight excluding hydrogens is 562 g/mol. The first kappa shape index (κ1) is 30.8. The second-order valence-corrected chi connectivity index (χ2v) is 10.9. The Kier molecular flexibility index (Phi) is 10.5. The molecule has 218 valence electrons. The quantitative estimate of drug-likeness (QED) is 0.105. The monoisotopic (exact) mass is 593 g/mol. The first-order chi connectivity index (χ1) is 20.7. The summed E-state index contributed by atoms with van der Waals surface area (Å²) in [6, 6.07) is 29.6. The number of methoxy groups -OCH3 is 1. The number of hydrogen-bond acceptors (Lipinski definition) is 6. The number of thioether (sulfide) groups is 1. The Morgan fingerprint density at radius 3 is 2.19 bits per heavy atom. The lowest BCUT2D eigenvalue weighted by molar-refractivity contribution is -0.115. The van der Waals surface area contributed by atoms with Gasteiger partial charge in [0.2, 0.25) is 5.91 Å². The summed E-state index contributed by atoms with van der Waals surface area (Å²) in [5.74, 6) is -0.588. The Morgan fingerprint density at radius 2 is 1.49 bits per heavy atom. The Morgan fingerprint density at radius 1 is 0.767 bits per heavy atom. The number of carbonyl (C=O) groups is 4. The lowest BCUT2D eigenvalue weighted by Crippen LogP contribution is -2.30. The fourth-order valence-corrected chi connectivity index (χ4v) is 4.90. The molecule has 8 nitrogen and oxygen atoms in total. The number of anilines is 2. The molecule has 0 heterocycles. The van der Waals surface area contributed by atoms with E-state index in [1.807, 2.05) is 6.07 Å². The van der Waals surface area contributed by atoms with Crippen LogP contribution < -0.4 is 20.7 Å². The number of carbonyl (C=O) groups excluding carboxylic acids is 4. The number of benzene rings is 4. The summed E-state index contributed by atoms with van der Waals surface area (Å²) < 4.78 is 5.29. The van der Waals surface area contributed by atoms with Crippen LogP contribution in [0.1, 0.15) is 40.1 Å². The zero-order valence-electron chi connectivity index (χ0n) is 23.9. The summed E-state index contributed by atoms with van der Waals surface area (Å²) in [5.41, 5.74) is 2.78. The van der Waals surface area contributed by atoms with E-state index < -0.39 is 17.1 Å². The summed E-state index contributed by atoms with van der Waals surface area (Å²) in [4.78, 5) is 51.4. The summed E-state index contributed by atoms with van der Waals surface area (Å²) in [5, 5.41) is 7.98. The molecule has 0 saturated heterocycles. The van der Waals surface area contributed by atoms with Crippen LogP contribution in [0.2, 0.25) is 0 Å². The minimum absolute atomic E-state index is 0.0451. The Hall–Kier alpha value is -5.15.